The van der Waals surface area contributed by atoms with Crippen LogP contribution in [0.1, 0.15) is 65.6 Å². The number of rotatable bonds is 3. The molecule has 1 saturated heterocycles. The first-order valence-electron chi connectivity index (χ1n) is 8.23. The summed E-state index contributed by atoms with van der Waals surface area (Å²) in [6.45, 7) is 6.31. The Morgan fingerprint density at radius 1 is 1.17 bits per heavy atom. The molecule has 8 heteroatoms. The van der Waals surface area contributed by atoms with Gasteiger partial charge in [-0.15, -0.1) is 0 Å². The number of carbonyl (C=O) groups is 1. The number of oxazole rings is 1. The summed E-state index contributed by atoms with van der Waals surface area (Å²) >= 11 is 0. The van der Waals surface area contributed by atoms with Gasteiger partial charge in [0.2, 0.25) is 5.76 Å². The molecule has 0 aromatic carbocycles. The van der Waals surface area contributed by atoms with E-state index in [2.05, 4.69) is 15.1 Å². The lowest BCUT2D eigenvalue weighted by Gasteiger charge is -2.34. The number of amides is 1. The molecule has 2 atom stereocenters. The molecule has 8 nitrogen and oxygen atoms in total. The summed E-state index contributed by atoms with van der Waals surface area (Å²) in [6.07, 6.45) is 1.61. The second-order valence-corrected chi connectivity index (χ2v) is 6.57. The van der Waals surface area contributed by atoms with Crippen LogP contribution < -0.4 is 0 Å². The summed E-state index contributed by atoms with van der Waals surface area (Å²) in [7, 11) is 0. The van der Waals surface area contributed by atoms with Crippen molar-refractivity contribution in [2.45, 2.75) is 51.7 Å². The summed E-state index contributed by atoms with van der Waals surface area (Å²) < 4.78 is 16.8. The maximum absolute atomic E-state index is 12.9. The number of hydrogen-bond donors (Lipinski definition) is 0. The second kappa shape index (κ2) is 5.70. The summed E-state index contributed by atoms with van der Waals surface area (Å²) in [4.78, 5) is 23.2. The molecule has 1 saturated carbocycles. The van der Waals surface area contributed by atoms with Gasteiger partial charge in [0.05, 0.1) is 18.3 Å². The average Bonchev–Trinajstić information content (AvgIpc) is 3.20. The quantitative estimate of drug-likeness (QED) is 0.850. The number of hydrogen-bond acceptors (Lipinski definition) is 7. The highest BCUT2D eigenvalue weighted by Gasteiger charge is 2.36. The predicted octanol–water partition coefficient (Wildman–Crippen LogP) is 2.15. The third-order valence-corrected chi connectivity index (χ3v) is 4.30. The first kappa shape index (κ1) is 15.3. The van der Waals surface area contributed by atoms with E-state index < -0.39 is 6.10 Å². The molecule has 2 aromatic rings. The molecule has 4 rings (SSSR count). The SMILES string of the molecule is Cc1noc([C@H]2CN(C(=O)c3oc(C4CC4)nc3C)C[C@@H](C)O2)n1. The van der Waals surface area contributed by atoms with E-state index in [0.29, 0.717) is 48.1 Å². The van der Waals surface area contributed by atoms with Gasteiger partial charge in [0, 0.05) is 12.5 Å². The molecule has 1 aliphatic carbocycles. The topological polar surface area (TPSA) is 94.5 Å². The van der Waals surface area contributed by atoms with Crippen molar-refractivity contribution in [2.75, 3.05) is 13.1 Å². The standard InChI is InChI=1S/C16H20N4O4/c1-8-6-20(7-12(22-8)15-18-10(3)19-24-15)16(21)13-9(2)17-14(23-13)11-4-5-11/h8,11-12H,4-7H2,1-3H3/t8-,12-/m1/s1. The van der Waals surface area contributed by atoms with Crippen molar-refractivity contribution < 1.29 is 18.5 Å². The van der Waals surface area contributed by atoms with Crippen LogP contribution in [0, 0.1) is 13.8 Å². The van der Waals surface area contributed by atoms with Gasteiger partial charge in [0.1, 0.15) is 0 Å². The van der Waals surface area contributed by atoms with Crippen LogP contribution in [0.15, 0.2) is 8.94 Å². The highest BCUT2D eigenvalue weighted by atomic mass is 16.5. The molecule has 24 heavy (non-hydrogen) atoms. The molecule has 0 bridgehead atoms. The van der Waals surface area contributed by atoms with Gasteiger partial charge in [-0.2, -0.15) is 4.98 Å². The zero-order valence-electron chi connectivity index (χ0n) is 14.0. The predicted molar refractivity (Wildman–Crippen MR) is 81.4 cm³/mol. The average molecular weight is 332 g/mol. The molecule has 1 aliphatic heterocycles. The Balaban J connectivity index is 1.54. The Morgan fingerprint density at radius 3 is 2.62 bits per heavy atom. The molecule has 2 aromatic heterocycles. The van der Waals surface area contributed by atoms with Crippen LogP contribution in [0.5, 0.6) is 0 Å². The van der Waals surface area contributed by atoms with Crippen LogP contribution in [0.2, 0.25) is 0 Å². The van der Waals surface area contributed by atoms with E-state index in [4.69, 9.17) is 13.7 Å². The van der Waals surface area contributed by atoms with Crippen LogP contribution in [0.25, 0.3) is 0 Å². The van der Waals surface area contributed by atoms with Crippen molar-refractivity contribution in [3.8, 4) is 0 Å². The van der Waals surface area contributed by atoms with Crippen LogP contribution >= 0.6 is 0 Å². The van der Waals surface area contributed by atoms with Gasteiger partial charge < -0.3 is 18.6 Å². The molecule has 3 heterocycles. The van der Waals surface area contributed by atoms with Gasteiger partial charge in [-0.1, -0.05) is 5.16 Å². The maximum Gasteiger partial charge on any atom is 0.291 e. The number of morpholine rings is 1. The third kappa shape index (κ3) is 2.82. The fourth-order valence-electron chi connectivity index (χ4n) is 2.96. The van der Waals surface area contributed by atoms with E-state index in [1.807, 2.05) is 13.8 Å². The lowest BCUT2D eigenvalue weighted by atomic mass is 10.2. The summed E-state index contributed by atoms with van der Waals surface area (Å²) in [5.41, 5.74) is 0.645. The second-order valence-electron chi connectivity index (χ2n) is 6.57. The zero-order chi connectivity index (χ0) is 16.8. The first-order valence-corrected chi connectivity index (χ1v) is 8.23. The summed E-state index contributed by atoms with van der Waals surface area (Å²) in [5.74, 6) is 2.16. The molecule has 2 aliphatic rings. The van der Waals surface area contributed by atoms with E-state index in [-0.39, 0.29) is 12.0 Å². The Morgan fingerprint density at radius 2 is 1.96 bits per heavy atom. The molecule has 0 N–H and O–H groups in total. The first-order chi connectivity index (χ1) is 11.5. The van der Waals surface area contributed by atoms with Gasteiger partial charge in [0.15, 0.2) is 17.8 Å². The van der Waals surface area contributed by atoms with Crippen LogP contribution in [-0.2, 0) is 4.74 Å². The van der Waals surface area contributed by atoms with E-state index in [9.17, 15) is 4.79 Å². The molecular formula is C16H20N4O4. The number of nitrogens with zero attached hydrogens (tertiary/aromatic N) is 4. The van der Waals surface area contributed by atoms with Crippen molar-refractivity contribution in [1.82, 2.24) is 20.0 Å². The molecule has 0 radical (unpaired) electrons. The minimum absolute atomic E-state index is 0.133. The van der Waals surface area contributed by atoms with Crippen LogP contribution in [-0.4, -0.2) is 45.1 Å². The fourth-order valence-corrected chi connectivity index (χ4v) is 2.96. The normalized spacial score (nSPS) is 24.4. The summed E-state index contributed by atoms with van der Waals surface area (Å²) in [6, 6.07) is 0. The van der Waals surface area contributed by atoms with Gasteiger partial charge >= 0.3 is 0 Å². The van der Waals surface area contributed by atoms with Crippen molar-refractivity contribution in [3.05, 3.63) is 29.1 Å². The van der Waals surface area contributed by atoms with Crippen molar-refractivity contribution in [1.29, 1.82) is 0 Å². The van der Waals surface area contributed by atoms with Crippen molar-refractivity contribution >= 4 is 5.91 Å². The third-order valence-electron chi connectivity index (χ3n) is 4.30. The Labute approximate surface area is 139 Å². The lowest BCUT2D eigenvalue weighted by molar-refractivity contribution is -0.0815. The monoisotopic (exact) mass is 332 g/mol. The number of carbonyl (C=O) groups excluding carboxylic acids is 1. The Kier molecular flexibility index (Phi) is 3.64. The minimum atomic E-state index is -0.426. The van der Waals surface area contributed by atoms with Crippen molar-refractivity contribution in [3.63, 3.8) is 0 Å². The summed E-state index contributed by atoms with van der Waals surface area (Å²) in [5, 5.41) is 3.79. The van der Waals surface area contributed by atoms with E-state index in [0.717, 1.165) is 12.8 Å². The molecule has 0 unspecified atom stereocenters. The van der Waals surface area contributed by atoms with Crippen molar-refractivity contribution in [2.24, 2.45) is 0 Å². The Bertz CT molecular complexity index is 764. The molecule has 128 valence electrons. The van der Waals surface area contributed by atoms with E-state index in [1.54, 1.807) is 11.8 Å². The molecule has 2 fully saturated rings. The van der Waals surface area contributed by atoms with Gasteiger partial charge in [0.25, 0.3) is 11.8 Å². The van der Waals surface area contributed by atoms with Crippen LogP contribution in [0.3, 0.4) is 0 Å². The van der Waals surface area contributed by atoms with E-state index in [1.165, 1.54) is 0 Å². The van der Waals surface area contributed by atoms with Gasteiger partial charge in [-0.05, 0) is 33.6 Å². The number of ether oxygens (including phenoxy) is 1. The maximum atomic E-state index is 12.9. The number of aryl methyl sites for hydroxylation is 2. The smallest absolute Gasteiger partial charge is 0.291 e. The largest absolute Gasteiger partial charge is 0.435 e. The Hall–Kier alpha value is -2.22. The lowest BCUT2D eigenvalue weighted by Crippen LogP contribution is -2.46. The van der Waals surface area contributed by atoms with Gasteiger partial charge in [-0.3, -0.25) is 4.79 Å². The highest BCUT2D eigenvalue weighted by molar-refractivity contribution is 5.92. The molecular weight excluding hydrogens is 312 g/mol. The van der Waals surface area contributed by atoms with E-state index >= 15 is 0 Å². The number of aromatic nitrogens is 3. The fraction of sp³-hybridized carbons (Fsp3) is 0.625. The molecule has 0 spiro atoms. The minimum Gasteiger partial charge on any atom is -0.435 e. The van der Waals surface area contributed by atoms with Gasteiger partial charge in [-0.25, -0.2) is 4.98 Å². The zero-order valence-corrected chi connectivity index (χ0v) is 14.0. The molecule has 1 amide bonds. The highest BCUT2D eigenvalue weighted by Crippen LogP contribution is 2.40. The van der Waals surface area contributed by atoms with Crippen LogP contribution in [0.4, 0.5) is 0 Å².